The van der Waals surface area contributed by atoms with Gasteiger partial charge >= 0.3 is 0 Å². The van der Waals surface area contributed by atoms with Crippen molar-refractivity contribution in [2.24, 2.45) is 0 Å². The first kappa shape index (κ1) is 13.4. The number of nitrogens with one attached hydrogen (secondary N) is 1. The Balaban J connectivity index is 3.73. The Kier molecular flexibility index (Phi) is 10.0. The fourth-order valence-electron chi connectivity index (χ4n) is 1.15. The molecule has 0 aromatic rings. The smallest absolute Gasteiger partial charge is 0.0496 e. The maximum absolute atomic E-state index is 4.96. The van der Waals surface area contributed by atoms with Crippen LogP contribution in [-0.4, -0.2) is 27.3 Å². The highest BCUT2D eigenvalue weighted by Crippen LogP contribution is 2.05. The molecule has 14 heavy (non-hydrogen) atoms. The average Bonchev–Trinajstić information content (AvgIpc) is 2.22. The van der Waals surface area contributed by atoms with Crippen molar-refractivity contribution in [3.05, 3.63) is 23.8 Å². The summed E-state index contributed by atoms with van der Waals surface area (Å²) in [7, 11) is 3.72. The zero-order chi connectivity index (χ0) is 10.6. The van der Waals surface area contributed by atoms with Gasteiger partial charge < -0.3 is 10.1 Å². The van der Waals surface area contributed by atoms with Gasteiger partial charge in [0.25, 0.3) is 0 Å². The van der Waals surface area contributed by atoms with Crippen LogP contribution in [0.1, 0.15) is 26.2 Å². The lowest BCUT2D eigenvalue weighted by molar-refractivity contribution is 0.204. The van der Waals surface area contributed by atoms with Gasteiger partial charge in [0.15, 0.2) is 0 Å². The Labute approximate surface area is 88.0 Å². The quantitative estimate of drug-likeness (QED) is 0.477. The van der Waals surface area contributed by atoms with Crippen molar-refractivity contribution in [2.45, 2.75) is 26.2 Å². The van der Waals surface area contributed by atoms with Gasteiger partial charge in [-0.05, 0) is 32.9 Å². The van der Waals surface area contributed by atoms with Crippen molar-refractivity contribution in [3.8, 4) is 0 Å². The van der Waals surface area contributed by atoms with E-state index in [1.165, 1.54) is 5.57 Å². The Morgan fingerprint density at radius 1 is 1.43 bits per heavy atom. The molecule has 0 radical (unpaired) electrons. The molecule has 0 spiro atoms. The van der Waals surface area contributed by atoms with Crippen LogP contribution in [0.25, 0.3) is 0 Å². The summed E-state index contributed by atoms with van der Waals surface area (Å²) in [5.41, 5.74) is 1.49. The zero-order valence-corrected chi connectivity index (χ0v) is 9.68. The summed E-state index contributed by atoms with van der Waals surface area (Å²) < 4.78 is 4.96. The van der Waals surface area contributed by atoms with Crippen LogP contribution in [0.15, 0.2) is 23.8 Å². The summed E-state index contributed by atoms with van der Waals surface area (Å²) in [6.07, 6.45) is 9.77. The third-order valence-corrected chi connectivity index (χ3v) is 2.11. The van der Waals surface area contributed by atoms with Crippen LogP contribution >= 0.6 is 0 Å². The molecule has 0 aliphatic carbocycles. The standard InChI is InChI=1S/C12H23NO/c1-4-12(9-10-13-2)8-6-5-7-11-14-3/h5-6,8,13H,4,7,9-11H2,1-3H3/b6-5-,12-8+. The molecule has 0 amide bonds. The minimum atomic E-state index is 0.808. The number of ether oxygens (including phenoxy) is 1. The van der Waals surface area contributed by atoms with Gasteiger partial charge in [-0.25, -0.2) is 0 Å². The monoisotopic (exact) mass is 197 g/mol. The van der Waals surface area contributed by atoms with E-state index in [1.807, 2.05) is 7.05 Å². The summed E-state index contributed by atoms with van der Waals surface area (Å²) in [5.74, 6) is 0. The second-order valence-corrected chi connectivity index (χ2v) is 3.24. The van der Waals surface area contributed by atoms with Gasteiger partial charge in [0.05, 0.1) is 0 Å². The molecule has 0 rings (SSSR count). The van der Waals surface area contributed by atoms with Gasteiger partial charge in [0, 0.05) is 13.7 Å². The van der Waals surface area contributed by atoms with Crippen LogP contribution in [0, 0.1) is 0 Å². The molecular weight excluding hydrogens is 174 g/mol. The summed E-state index contributed by atoms with van der Waals surface area (Å²) in [4.78, 5) is 0. The lowest BCUT2D eigenvalue weighted by Crippen LogP contribution is -2.08. The van der Waals surface area contributed by atoms with E-state index in [4.69, 9.17) is 4.74 Å². The summed E-state index contributed by atoms with van der Waals surface area (Å²) in [6.45, 7) is 4.07. The highest BCUT2D eigenvalue weighted by Gasteiger charge is 1.90. The molecule has 0 bridgehead atoms. The van der Waals surface area contributed by atoms with Crippen LogP contribution in [0.4, 0.5) is 0 Å². The van der Waals surface area contributed by atoms with Gasteiger partial charge in [-0.1, -0.05) is 30.7 Å². The molecule has 0 saturated heterocycles. The van der Waals surface area contributed by atoms with Crippen molar-refractivity contribution in [1.29, 1.82) is 0 Å². The molecule has 0 atom stereocenters. The van der Waals surface area contributed by atoms with Gasteiger partial charge in [0.1, 0.15) is 0 Å². The minimum absolute atomic E-state index is 0.808. The molecule has 0 fully saturated rings. The van der Waals surface area contributed by atoms with Gasteiger partial charge in [-0.15, -0.1) is 0 Å². The molecule has 82 valence electrons. The molecule has 0 aromatic carbocycles. The first-order valence-corrected chi connectivity index (χ1v) is 5.33. The largest absolute Gasteiger partial charge is 0.384 e. The number of allylic oxidation sites excluding steroid dienone is 2. The topological polar surface area (TPSA) is 21.3 Å². The first-order valence-electron chi connectivity index (χ1n) is 5.33. The van der Waals surface area contributed by atoms with Crippen LogP contribution in [0.2, 0.25) is 0 Å². The second-order valence-electron chi connectivity index (χ2n) is 3.24. The van der Waals surface area contributed by atoms with Crippen LogP contribution in [0.5, 0.6) is 0 Å². The Morgan fingerprint density at radius 2 is 2.21 bits per heavy atom. The average molecular weight is 197 g/mol. The van der Waals surface area contributed by atoms with E-state index < -0.39 is 0 Å². The number of rotatable bonds is 8. The molecule has 2 nitrogen and oxygen atoms in total. The van der Waals surface area contributed by atoms with E-state index in [2.05, 4.69) is 30.5 Å². The molecule has 0 aliphatic rings. The molecule has 0 saturated carbocycles. The van der Waals surface area contributed by atoms with Crippen molar-refractivity contribution >= 4 is 0 Å². The number of hydrogen-bond donors (Lipinski definition) is 1. The summed E-state index contributed by atoms with van der Waals surface area (Å²) >= 11 is 0. The van der Waals surface area contributed by atoms with E-state index in [1.54, 1.807) is 7.11 Å². The van der Waals surface area contributed by atoms with E-state index in [0.717, 1.165) is 32.4 Å². The lowest BCUT2D eigenvalue weighted by Gasteiger charge is -2.01. The molecule has 0 aliphatic heterocycles. The highest BCUT2D eigenvalue weighted by atomic mass is 16.5. The van der Waals surface area contributed by atoms with Crippen molar-refractivity contribution in [3.63, 3.8) is 0 Å². The molecule has 2 heteroatoms. The van der Waals surface area contributed by atoms with E-state index in [-0.39, 0.29) is 0 Å². The number of methoxy groups -OCH3 is 1. The second kappa shape index (κ2) is 10.5. The van der Waals surface area contributed by atoms with E-state index >= 15 is 0 Å². The SMILES string of the molecule is CC/C(=C\C=C/CCOC)CCNC. The Hall–Kier alpha value is -0.600. The van der Waals surface area contributed by atoms with Crippen molar-refractivity contribution in [1.82, 2.24) is 5.32 Å². The fourth-order valence-corrected chi connectivity index (χ4v) is 1.15. The third-order valence-electron chi connectivity index (χ3n) is 2.11. The predicted molar refractivity (Wildman–Crippen MR) is 62.6 cm³/mol. The van der Waals surface area contributed by atoms with Crippen LogP contribution in [0.3, 0.4) is 0 Å². The molecule has 0 heterocycles. The third kappa shape index (κ3) is 8.02. The van der Waals surface area contributed by atoms with Crippen LogP contribution in [-0.2, 0) is 4.74 Å². The van der Waals surface area contributed by atoms with Gasteiger partial charge in [0.2, 0.25) is 0 Å². The van der Waals surface area contributed by atoms with Gasteiger partial charge in [-0.3, -0.25) is 0 Å². The molecule has 1 N–H and O–H groups in total. The van der Waals surface area contributed by atoms with Crippen molar-refractivity contribution in [2.75, 3.05) is 27.3 Å². The molecule has 0 unspecified atom stereocenters. The zero-order valence-electron chi connectivity index (χ0n) is 9.68. The molecular formula is C12H23NO. The maximum atomic E-state index is 4.96. The Bertz CT molecular complexity index is 173. The highest BCUT2D eigenvalue weighted by molar-refractivity contribution is 5.12. The lowest BCUT2D eigenvalue weighted by atomic mass is 10.1. The van der Waals surface area contributed by atoms with E-state index in [9.17, 15) is 0 Å². The predicted octanol–water partition coefficient (Wildman–Crippen LogP) is 2.53. The number of hydrogen-bond acceptors (Lipinski definition) is 2. The Morgan fingerprint density at radius 3 is 2.79 bits per heavy atom. The normalized spacial score (nSPS) is 12.6. The minimum Gasteiger partial charge on any atom is -0.384 e. The first-order chi connectivity index (χ1) is 6.85. The summed E-state index contributed by atoms with van der Waals surface area (Å²) in [6, 6.07) is 0. The van der Waals surface area contributed by atoms with Gasteiger partial charge in [-0.2, -0.15) is 0 Å². The fraction of sp³-hybridized carbons (Fsp3) is 0.667. The maximum Gasteiger partial charge on any atom is 0.0496 e. The van der Waals surface area contributed by atoms with E-state index in [0.29, 0.717) is 0 Å². The molecule has 0 aromatic heterocycles. The van der Waals surface area contributed by atoms with Crippen LogP contribution < -0.4 is 5.32 Å². The van der Waals surface area contributed by atoms with Crippen molar-refractivity contribution < 1.29 is 4.74 Å². The summed E-state index contributed by atoms with van der Waals surface area (Å²) in [5, 5.41) is 3.16.